The summed E-state index contributed by atoms with van der Waals surface area (Å²) in [5.41, 5.74) is -1.57. The molecule has 0 saturated carbocycles. The number of aliphatic hydroxyl groups is 1. The van der Waals surface area contributed by atoms with E-state index in [4.69, 9.17) is 0 Å². The minimum Gasteiger partial charge on any atom is -0.379 e. The summed E-state index contributed by atoms with van der Waals surface area (Å²) < 4.78 is 39.5. The van der Waals surface area contributed by atoms with E-state index in [1.54, 1.807) is 22.8 Å². The Balaban J connectivity index is 1.89. The van der Waals surface area contributed by atoms with E-state index in [2.05, 4.69) is 5.10 Å². The standard InChI is InChI=1S/C11H16F3N3O/c1-16-9(2-5-15-16)3-6-17-7-4-10(18,8-17)11(12,13)14/h2,5,18H,3-4,6-8H2,1H3. The molecular formula is C11H16F3N3O. The third kappa shape index (κ3) is 2.51. The second kappa shape index (κ2) is 4.55. The summed E-state index contributed by atoms with van der Waals surface area (Å²) in [6.45, 7) is 0.431. The fourth-order valence-electron chi connectivity index (χ4n) is 2.21. The molecule has 4 nitrogen and oxygen atoms in total. The average Bonchev–Trinajstić information content (AvgIpc) is 2.82. The van der Waals surface area contributed by atoms with Crippen molar-refractivity contribution in [2.45, 2.75) is 24.6 Å². The molecule has 1 aliphatic heterocycles. The van der Waals surface area contributed by atoms with Crippen molar-refractivity contribution in [2.75, 3.05) is 19.6 Å². The van der Waals surface area contributed by atoms with Gasteiger partial charge in [0.2, 0.25) is 0 Å². The molecule has 0 aliphatic carbocycles. The number of alkyl halides is 3. The predicted molar refractivity (Wildman–Crippen MR) is 59.0 cm³/mol. The van der Waals surface area contributed by atoms with E-state index in [0.29, 0.717) is 13.0 Å². The lowest BCUT2D eigenvalue weighted by molar-refractivity contribution is -0.253. The first-order valence-corrected chi connectivity index (χ1v) is 5.80. The molecule has 1 aromatic heterocycles. The molecule has 0 bridgehead atoms. The number of likely N-dealkylation sites (tertiary alicyclic amines) is 1. The quantitative estimate of drug-likeness (QED) is 0.883. The number of β-amino-alcohol motifs (C(OH)–C–C–N with tert-alkyl or cyclic N) is 1. The summed E-state index contributed by atoms with van der Waals surface area (Å²) in [5.74, 6) is 0. The Morgan fingerprint density at radius 1 is 1.50 bits per heavy atom. The van der Waals surface area contributed by atoms with Crippen LogP contribution in [0.2, 0.25) is 0 Å². The molecule has 1 unspecified atom stereocenters. The van der Waals surface area contributed by atoms with E-state index >= 15 is 0 Å². The monoisotopic (exact) mass is 263 g/mol. The summed E-state index contributed by atoms with van der Waals surface area (Å²) in [7, 11) is 1.80. The van der Waals surface area contributed by atoms with E-state index < -0.39 is 11.8 Å². The minimum atomic E-state index is -4.55. The highest BCUT2D eigenvalue weighted by Gasteiger charge is 2.56. The van der Waals surface area contributed by atoms with Gasteiger partial charge in [-0.2, -0.15) is 18.3 Å². The van der Waals surface area contributed by atoms with Crippen LogP contribution in [0.25, 0.3) is 0 Å². The van der Waals surface area contributed by atoms with Crippen LogP contribution in [-0.4, -0.2) is 51.2 Å². The van der Waals surface area contributed by atoms with Crippen LogP contribution in [0.15, 0.2) is 12.3 Å². The van der Waals surface area contributed by atoms with Crippen molar-refractivity contribution < 1.29 is 18.3 Å². The SMILES string of the molecule is Cn1nccc1CCN1CCC(O)(C(F)(F)F)C1. The Hall–Kier alpha value is -1.08. The molecule has 0 amide bonds. The van der Waals surface area contributed by atoms with E-state index in [0.717, 1.165) is 5.69 Å². The van der Waals surface area contributed by atoms with Crippen LogP contribution in [0.1, 0.15) is 12.1 Å². The third-order valence-electron chi connectivity index (χ3n) is 3.46. The molecule has 0 radical (unpaired) electrons. The molecule has 7 heteroatoms. The second-order valence-electron chi connectivity index (χ2n) is 4.75. The van der Waals surface area contributed by atoms with Crippen molar-refractivity contribution in [3.8, 4) is 0 Å². The first kappa shape index (κ1) is 13.4. The van der Waals surface area contributed by atoms with Crippen LogP contribution in [0.3, 0.4) is 0 Å². The molecular weight excluding hydrogens is 247 g/mol. The van der Waals surface area contributed by atoms with Gasteiger partial charge in [0.05, 0.1) is 0 Å². The molecule has 2 heterocycles. The molecule has 1 N–H and O–H groups in total. The summed E-state index contributed by atoms with van der Waals surface area (Å²) in [6.07, 6.45) is -2.51. The van der Waals surface area contributed by atoms with Crippen LogP contribution in [0.4, 0.5) is 13.2 Å². The molecule has 0 spiro atoms. The fourth-order valence-corrected chi connectivity index (χ4v) is 2.21. The molecule has 1 fully saturated rings. The number of aryl methyl sites for hydroxylation is 1. The van der Waals surface area contributed by atoms with Gasteiger partial charge in [-0.15, -0.1) is 0 Å². The molecule has 0 aromatic carbocycles. The lowest BCUT2D eigenvalue weighted by Gasteiger charge is -2.26. The van der Waals surface area contributed by atoms with Gasteiger partial charge >= 0.3 is 6.18 Å². The van der Waals surface area contributed by atoms with Crippen LogP contribution in [-0.2, 0) is 13.5 Å². The summed E-state index contributed by atoms with van der Waals surface area (Å²) >= 11 is 0. The lowest BCUT2D eigenvalue weighted by atomic mass is 10.0. The van der Waals surface area contributed by atoms with Crippen LogP contribution >= 0.6 is 0 Å². The largest absolute Gasteiger partial charge is 0.418 e. The van der Waals surface area contributed by atoms with Gasteiger partial charge in [0.1, 0.15) is 0 Å². The van der Waals surface area contributed by atoms with Gasteiger partial charge in [-0.1, -0.05) is 0 Å². The Labute approximate surface area is 103 Å². The van der Waals surface area contributed by atoms with Gasteiger partial charge in [-0.05, 0) is 12.5 Å². The Kier molecular flexibility index (Phi) is 3.37. The van der Waals surface area contributed by atoms with Gasteiger partial charge in [0, 0.05) is 45.0 Å². The highest BCUT2D eigenvalue weighted by atomic mass is 19.4. The number of hydrogen-bond donors (Lipinski definition) is 1. The molecule has 102 valence electrons. The number of rotatable bonds is 3. The lowest BCUT2D eigenvalue weighted by Crippen LogP contribution is -2.47. The van der Waals surface area contributed by atoms with Crippen molar-refractivity contribution >= 4 is 0 Å². The fraction of sp³-hybridized carbons (Fsp3) is 0.727. The van der Waals surface area contributed by atoms with E-state index in [-0.39, 0.29) is 19.5 Å². The summed E-state index contributed by atoms with van der Waals surface area (Å²) in [6, 6.07) is 1.84. The zero-order chi connectivity index (χ0) is 13.4. The van der Waals surface area contributed by atoms with E-state index in [1.807, 2.05) is 6.07 Å². The van der Waals surface area contributed by atoms with Gasteiger partial charge < -0.3 is 5.11 Å². The minimum absolute atomic E-state index is 0.248. The van der Waals surface area contributed by atoms with Crippen molar-refractivity contribution in [1.82, 2.24) is 14.7 Å². The second-order valence-corrected chi connectivity index (χ2v) is 4.75. The van der Waals surface area contributed by atoms with Crippen LogP contribution in [0, 0.1) is 0 Å². The molecule has 18 heavy (non-hydrogen) atoms. The molecule has 1 aromatic rings. The number of aromatic nitrogens is 2. The Bertz CT molecular complexity index is 418. The van der Waals surface area contributed by atoms with E-state index in [1.165, 1.54) is 0 Å². The van der Waals surface area contributed by atoms with Gasteiger partial charge in [0.15, 0.2) is 5.60 Å². The van der Waals surface area contributed by atoms with Gasteiger partial charge in [-0.3, -0.25) is 9.58 Å². The summed E-state index contributed by atoms with van der Waals surface area (Å²) in [4.78, 5) is 1.64. The first-order valence-electron chi connectivity index (χ1n) is 5.80. The molecule has 1 aliphatic rings. The van der Waals surface area contributed by atoms with Crippen LogP contribution < -0.4 is 0 Å². The number of hydrogen-bond acceptors (Lipinski definition) is 3. The topological polar surface area (TPSA) is 41.3 Å². The van der Waals surface area contributed by atoms with Crippen LogP contribution in [0.5, 0.6) is 0 Å². The molecule has 2 rings (SSSR count). The highest BCUT2D eigenvalue weighted by Crippen LogP contribution is 2.37. The normalized spacial score (nSPS) is 25.8. The smallest absolute Gasteiger partial charge is 0.379 e. The highest BCUT2D eigenvalue weighted by molar-refractivity contribution is 5.02. The molecule has 1 atom stereocenters. The maximum Gasteiger partial charge on any atom is 0.418 e. The zero-order valence-electron chi connectivity index (χ0n) is 10.1. The maximum atomic E-state index is 12.6. The maximum absolute atomic E-state index is 12.6. The number of nitrogens with zero attached hydrogens (tertiary/aromatic N) is 3. The third-order valence-corrected chi connectivity index (χ3v) is 3.46. The zero-order valence-corrected chi connectivity index (χ0v) is 10.1. The first-order chi connectivity index (χ1) is 8.32. The van der Waals surface area contributed by atoms with Gasteiger partial charge in [0.25, 0.3) is 0 Å². The molecule has 1 saturated heterocycles. The average molecular weight is 263 g/mol. The van der Waals surface area contributed by atoms with Crippen molar-refractivity contribution in [3.63, 3.8) is 0 Å². The van der Waals surface area contributed by atoms with Crippen molar-refractivity contribution in [3.05, 3.63) is 18.0 Å². The van der Waals surface area contributed by atoms with Gasteiger partial charge in [-0.25, -0.2) is 0 Å². The number of halogens is 3. The Morgan fingerprint density at radius 3 is 2.72 bits per heavy atom. The van der Waals surface area contributed by atoms with Crippen molar-refractivity contribution in [1.29, 1.82) is 0 Å². The predicted octanol–water partition coefficient (Wildman–Crippen LogP) is 0.962. The summed E-state index contributed by atoms with van der Waals surface area (Å²) in [5, 5.41) is 13.5. The van der Waals surface area contributed by atoms with Crippen molar-refractivity contribution in [2.24, 2.45) is 7.05 Å². The Morgan fingerprint density at radius 2 is 2.22 bits per heavy atom. The van der Waals surface area contributed by atoms with E-state index in [9.17, 15) is 18.3 Å².